The van der Waals surface area contributed by atoms with E-state index >= 15 is 0 Å². The van der Waals surface area contributed by atoms with Crippen LogP contribution in [0.1, 0.15) is 38.2 Å². The molecule has 0 spiro atoms. The molecule has 0 heterocycles. The molecule has 0 saturated heterocycles. The lowest BCUT2D eigenvalue weighted by Crippen LogP contribution is -2.33. The van der Waals surface area contributed by atoms with Gasteiger partial charge in [0, 0.05) is 27.6 Å². The van der Waals surface area contributed by atoms with Crippen LogP contribution in [0.25, 0.3) is 0 Å². The Bertz CT molecular complexity index is 567. The van der Waals surface area contributed by atoms with Gasteiger partial charge in [0.25, 0.3) is 6.02 Å². The topological polar surface area (TPSA) is 106 Å². The smallest absolute Gasteiger partial charge is 0.406 e. The van der Waals surface area contributed by atoms with Crippen LogP contribution < -0.4 is 10.6 Å². The highest BCUT2D eigenvalue weighted by Gasteiger charge is 2.23. The SMILES string of the molecule is C=O.C=O.CN=C(NC)OC1CCCCC1C.CNC(=O)OCCc1ccccc1. The molecule has 0 bridgehead atoms. The van der Waals surface area contributed by atoms with Crippen LogP contribution in [0.15, 0.2) is 35.3 Å². The summed E-state index contributed by atoms with van der Waals surface area (Å²) in [5.74, 6) is 0.666. The van der Waals surface area contributed by atoms with E-state index in [-0.39, 0.29) is 6.09 Å². The number of nitrogens with one attached hydrogen (secondary N) is 2. The first-order valence-corrected chi connectivity index (χ1v) is 9.88. The third-order valence-electron chi connectivity index (χ3n) is 4.38. The van der Waals surface area contributed by atoms with Crippen LogP contribution in [0.3, 0.4) is 0 Å². The van der Waals surface area contributed by atoms with Gasteiger partial charge < -0.3 is 29.7 Å². The van der Waals surface area contributed by atoms with Gasteiger partial charge in [-0.1, -0.05) is 43.7 Å². The first-order valence-electron chi connectivity index (χ1n) is 9.88. The summed E-state index contributed by atoms with van der Waals surface area (Å²) in [6.07, 6.45) is 5.83. The Kier molecular flexibility index (Phi) is 20.3. The molecule has 1 saturated carbocycles. The van der Waals surface area contributed by atoms with E-state index in [1.807, 2.05) is 51.0 Å². The molecule has 8 nitrogen and oxygen atoms in total. The zero-order valence-electron chi connectivity index (χ0n) is 18.7. The highest BCUT2D eigenvalue weighted by Crippen LogP contribution is 2.26. The van der Waals surface area contributed by atoms with Gasteiger partial charge in [-0.15, -0.1) is 0 Å². The number of amides is 1. The minimum atomic E-state index is -0.379. The van der Waals surface area contributed by atoms with Gasteiger partial charge in [0.1, 0.15) is 19.7 Å². The summed E-state index contributed by atoms with van der Waals surface area (Å²) in [4.78, 5) is 30.7. The summed E-state index contributed by atoms with van der Waals surface area (Å²) in [5, 5.41) is 5.34. The maximum atomic E-state index is 10.7. The first kappa shape index (κ1) is 29.3. The third-order valence-corrected chi connectivity index (χ3v) is 4.38. The maximum Gasteiger partial charge on any atom is 0.406 e. The number of carbonyl (C=O) groups excluding carboxylic acids is 3. The number of carbonyl (C=O) groups is 3. The van der Waals surface area contributed by atoms with Crippen LogP contribution in [0.5, 0.6) is 0 Å². The van der Waals surface area contributed by atoms with Crippen molar-refractivity contribution in [3.05, 3.63) is 35.9 Å². The van der Waals surface area contributed by atoms with Gasteiger partial charge in [-0.05, 0) is 30.7 Å². The van der Waals surface area contributed by atoms with Gasteiger partial charge in [0.2, 0.25) is 0 Å². The molecule has 8 heteroatoms. The maximum absolute atomic E-state index is 10.7. The molecule has 1 aromatic rings. The van der Waals surface area contributed by atoms with Crippen LogP contribution in [-0.2, 0) is 25.5 Å². The molecule has 2 atom stereocenters. The number of nitrogens with zero attached hydrogens (tertiary/aromatic N) is 1. The molecule has 0 aliphatic heterocycles. The number of benzene rings is 1. The third kappa shape index (κ3) is 14.1. The largest absolute Gasteiger partial charge is 0.462 e. The van der Waals surface area contributed by atoms with Crippen molar-refractivity contribution in [3.8, 4) is 0 Å². The van der Waals surface area contributed by atoms with Crippen LogP contribution in [0.4, 0.5) is 4.79 Å². The average Bonchev–Trinajstić information content (AvgIpc) is 2.82. The van der Waals surface area contributed by atoms with Gasteiger partial charge in [-0.25, -0.2) is 9.79 Å². The summed E-state index contributed by atoms with van der Waals surface area (Å²) in [7, 11) is 5.14. The van der Waals surface area contributed by atoms with Gasteiger partial charge >= 0.3 is 6.09 Å². The molecule has 2 unspecified atom stereocenters. The number of hydrogen-bond acceptors (Lipinski definition) is 6. The second-order valence-electron chi connectivity index (χ2n) is 6.32. The Hall–Kier alpha value is -2.90. The van der Waals surface area contributed by atoms with Crippen molar-refractivity contribution < 1.29 is 23.9 Å². The van der Waals surface area contributed by atoms with Crippen molar-refractivity contribution in [1.29, 1.82) is 0 Å². The lowest BCUT2D eigenvalue weighted by atomic mass is 9.88. The number of alkyl carbamates (subject to hydrolysis) is 1. The van der Waals surface area contributed by atoms with E-state index in [2.05, 4.69) is 22.5 Å². The van der Waals surface area contributed by atoms with Crippen LogP contribution in [0.2, 0.25) is 0 Å². The number of hydrogen-bond donors (Lipinski definition) is 2. The van der Waals surface area contributed by atoms with Crippen molar-refractivity contribution in [1.82, 2.24) is 10.6 Å². The second kappa shape index (κ2) is 20.8. The Morgan fingerprint density at radius 1 is 1.07 bits per heavy atom. The predicted molar refractivity (Wildman–Crippen MR) is 120 cm³/mol. The lowest BCUT2D eigenvalue weighted by molar-refractivity contribution is -0.0987. The number of aliphatic imine (C=N–C) groups is 1. The van der Waals surface area contributed by atoms with Crippen molar-refractivity contribution in [2.75, 3.05) is 27.7 Å². The van der Waals surface area contributed by atoms with Gasteiger partial charge in [-0.2, -0.15) is 0 Å². The molecule has 1 aliphatic carbocycles. The molecule has 1 fully saturated rings. The Balaban J connectivity index is 0. The first-order chi connectivity index (χ1) is 14.6. The van der Waals surface area contributed by atoms with Crippen LogP contribution in [0, 0.1) is 5.92 Å². The molecule has 30 heavy (non-hydrogen) atoms. The summed E-state index contributed by atoms with van der Waals surface area (Å²) in [5.41, 5.74) is 1.17. The fraction of sp³-hybridized carbons (Fsp3) is 0.545. The van der Waals surface area contributed by atoms with E-state index in [1.54, 1.807) is 14.1 Å². The predicted octanol–water partition coefficient (Wildman–Crippen LogP) is 3.00. The van der Waals surface area contributed by atoms with Crippen molar-refractivity contribution in [3.63, 3.8) is 0 Å². The molecule has 1 aliphatic rings. The highest BCUT2D eigenvalue weighted by molar-refractivity contribution is 5.73. The minimum absolute atomic E-state index is 0.361. The van der Waals surface area contributed by atoms with E-state index < -0.39 is 0 Å². The fourth-order valence-corrected chi connectivity index (χ4v) is 2.80. The summed E-state index contributed by atoms with van der Waals surface area (Å²) < 4.78 is 10.6. The van der Waals surface area contributed by atoms with E-state index in [1.165, 1.54) is 31.2 Å². The van der Waals surface area contributed by atoms with Gasteiger partial charge in [0.05, 0.1) is 6.61 Å². The Morgan fingerprint density at radius 3 is 2.17 bits per heavy atom. The fourth-order valence-electron chi connectivity index (χ4n) is 2.80. The number of rotatable bonds is 4. The Morgan fingerprint density at radius 2 is 1.67 bits per heavy atom. The lowest BCUT2D eigenvalue weighted by Gasteiger charge is -2.29. The van der Waals surface area contributed by atoms with Crippen molar-refractivity contribution >= 4 is 25.7 Å². The monoisotopic (exact) mass is 423 g/mol. The molecule has 0 aromatic heterocycles. The average molecular weight is 424 g/mol. The molecule has 1 amide bonds. The van der Waals surface area contributed by atoms with Crippen molar-refractivity contribution in [2.24, 2.45) is 10.9 Å². The Labute approximate surface area is 180 Å². The number of amidine groups is 1. The van der Waals surface area contributed by atoms with E-state index in [9.17, 15) is 4.79 Å². The number of ether oxygens (including phenoxy) is 2. The van der Waals surface area contributed by atoms with Gasteiger partial charge in [-0.3, -0.25) is 0 Å². The molecule has 1 aromatic carbocycles. The van der Waals surface area contributed by atoms with Gasteiger partial charge in [0.15, 0.2) is 0 Å². The highest BCUT2D eigenvalue weighted by atomic mass is 16.5. The molecule has 2 rings (SSSR count). The van der Waals surface area contributed by atoms with E-state index in [0.29, 0.717) is 24.7 Å². The molecule has 2 N–H and O–H groups in total. The second-order valence-corrected chi connectivity index (χ2v) is 6.32. The zero-order valence-corrected chi connectivity index (χ0v) is 18.7. The summed E-state index contributed by atoms with van der Waals surface area (Å²) in [6.45, 7) is 6.68. The van der Waals surface area contributed by atoms with E-state index in [0.717, 1.165) is 6.42 Å². The summed E-state index contributed by atoms with van der Waals surface area (Å²) in [6, 6.07) is 10.6. The quantitative estimate of drug-likeness (QED) is 0.570. The van der Waals surface area contributed by atoms with E-state index in [4.69, 9.17) is 19.1 Å². The van der Waals surface area contributed by atoms with Crippen molar-refractivity contribution in [2.45, 2.75) is 45.1 Å². The standard InChI is InChI=1S/C10H20N2O.C10H13NO2.2CH2O/c1-8-6-4-5-7-9(8)13-10(11-2)12-3;1-11-10(12)13-8-7-9-5-3-2-4-6-9;2*1-2/h8-9H,4-7H2,1-3H3,(H,11,12);2-6H,7-8H2,1H3,(H,11,12);2*1H2. The van der Waals surface area contributed by atoms with Crippen LogP contribution >= 0.6 is 0 Å². The van der Waals surface area contributed by atoms with Crippen LogP contribution in [-0.4, -0.2) is 59.5 Å². The minimum Gasteiger partial charge on any atom is -0.462 e. The normalized spacial score (nSPS) is 17.3. The molecular weight excluding hydrogens is 386 g/mol. The zero-order chi connectivity index (χ0) is 23.2. The summed E-state index contributed by atoms with van der Waals surface area (Å²) >= 11 is 0. The molecule has 170 valence electrons. The molecule has 0 radical (unpaired) electrons. The molecular formula is C22H37N3O5.